The minimum Gasteiger partial charge on any atom is -0.348 e. The molecule has 0 aromatic carbocycles. The maximum Gasteiger partial charge on any atom is 0.406 e. The van der Waals surface area contributed by atoms with Gasteiger partial charge in [0.15, 0.2) is 0 Å². The quantitative estimate of drug-likeness (QED) is 0.780. The van der Waals surface area contributed by atoms with E-state index in [-0.39, 0.29) is 18.9 Å². The third kappa shape index (κ3) is 6.30. The Labute approximate surface area is 130 Å². The van der Waals surface area contributed by atoms with Crippen LogP contribution in [0.15, 0.2) is 30.2 Å². The Morgan fingerprint density at radius 1 is 1.50 bits per heavy atom. The third-order valence-electron chi connectivity index (χ3n) is 2.72. The van der Waals surface area contributed by atoms with E-state index in [4.69, 9.17) is 0 Å². The van der Waals surface area contributed by atoms with Crippen molar-refractivity contribution in [3.8, 4) is 0 Å². The van der Waals surface area contributed by atoms with Gasteiger partial charge in [0, 0.05) is 18.3 Å². The summed E-state index contributed by atoms with van der Waals surface area (Å²) in [4.78, 5) is 24.7. The predicted molar refractivity (Wildman–Crippen MR) is 78.3 cm³/mol. The van der Waals surface area contributed by atoms with Gasteiger partial charge in [0.05, 0.1) is 12.5 Å². The summed E-state index contributed by atoms with van der Waals surface area (Å²) in [6.45, 7) is 3.12. The van der Waals surface area contributed by atoms with Crippen molar-refractivity contribution in [1.29, 1.82) is 0 Å². The zero-order valence-electron chi connectivity index (χ0n) is 12.0. The van der Waals surface area contributed by atoms with Crippen molar-refractivity contribution >= 4 is 23.2 Å². The van der Waals surface area contributed by atoms with Gasteiger partial charge in [-0.25, -0.2) is 0 Å². The number of thiophene rings is 1. The van der Waals surface area contributed by atoms with Crippen molar-refractivity contribution in [2.24, 2.45) is 0 Å². The Bertz CT molecular complexity index is 515. The van der Waals surface area contributed by atoms with Gasteiger partial charge in [-0.2, -0.15) is 13.2 Å². The molecular formula is C14H17F3N2O2S. The number of halogens is 3. The highest BCUT2D eigenvalue weighted by Gasteiger charge is 2.33. The van der Waals surface area contributed by atoms with Crippen LogP contribution in [0, 0.1) is 0 Å². The van der Waals surface area contributed by atoms with Gasteiger partial charge in [-0.3, -0.25) is 9.59 Å². The summed E-state index contributed by atoms with van der Waals surface area (Å²) in [7, 11) is 0. The number of hydrogen-bond acceptors (Lipinski definition) is 3. The first kappa shape index (κ1) is 18.2. The first-order chi connectivity index (χ1) is 10.2. The molecule has 0 saturated heterocycles. The van der Waals surface area contributed by atoms with Crippen LogP contribution in [0.5, 0.6) is 0 Å². The van der Waals surface area contributed by atoms with Crippen LogP contribution < -0.4 is 5.32 Å². The zero-order valence-corrected chi connectivity index (χ0v) is 12.8. The number of carbonyl (C=O) groups excluding carboxylic acids is 2. The standard InChI is InChI=1S/C14H17F3N2O2S/c1-3-6-19(9-14(15,16)17)13(21)8-11(18-10(2)20)12-5-4-7-22-12/h3-5,7,11H,1,6,8-9H2,2H3,(H,18,20). The summed E-state index contributed by atoms with van der Waals surface area (Å²) in [5, 5.41) is 4.36. The van der Waals surface area contributed by atoms with Gasteiger partial charge in [-0.1, -0.05) is 12.1 Å². The first-order valence-corrected chi connectivity index (χ1v) is 7.37. The molecule has 1 unspecified atom stereocenters. The highest BCUT2D eigenvalue weighted by atomic mass is 32.1. The van der Waals surface area contributed by atoms with E-state index in [0.29, 0.717) is 9.78 Å². The van der Waals surface area contributed by atoms with Gasteiger partial charge in [0.2, 0.25) is 11.8 Å². The molecule has 0 saturated carbocycles. The number of carbonyl (C=O) groups is 2. The molecule has 2 amide bonds. The molecule has 0 aliphatic carbocycles. The van der Waals surface area contributed by atoms with E-state index in [2.05, 4.69) is 11.9 Å². The van der Waals surface area contributed by atoms with Crippen LogP contribution in [0.3, 0.4) is 0 Å². The minimum absolute atomic E-state index is 0.199. The van der Waals surface area contributed by atoms with Gasteiger partial charge < -0.3 is 10.2 Å². The van der Waals surface area contributed by atoms with Crippen LogP contribution in [-0.4, -0.2) is 36.0 Å². The van der Waals surface area contributed by atoms with Gasteiger partial charge >= 0.3 is 6.18 Å². The first-order valence-electron chi connectivity index (χ1n) is 6.49. The molecule has 4 nitrogen and oxygen atoms in total. The van der Waals surface area contributed by atoms with Crippen molar-refractivity contribution in [2.75, 3.05) is 13.1 Å². The van der Waals surface area contributed by atoms with E-state index < -0.39 is 24.7 Å². The lowest BCUT2D eigenvalue weighted by Gasteiger charge is -2.25. The number of alkyl halides is 3. The normalized spacial score (nSPS) is 12.5. The predicted octanol–water partition coefficient (Wildman–Crippen LogP) is 2.89. The molecule has 22 heavy (non-hydrogen) atoms. The summed E-state index contributed by atoms with van der Waals surface area (Å²) in [6, 6.07) is 2.84. The molecule has 122 valence electrons. The SMILES string of the molecule is C=CCN(CC(F)(F)F)C(=O)CC(NC(C)=O)c1cccs1. The molecule has 1 aromatic rings. The number of nitrogens with one attached hydrogen (secondary N) is 1. The Morgan fingerprint density at radius 2 is 2.18 bits per heavy atom. The van der Waals surface area contributed by atoms with Crippen LogP contribution >= 0.6 is 11.3 Å². The topological polar surface area (TPSA) is 49.4 Å². The van der Waals surface area contributed by atoms with E-state index in [1.807, 2.05) is 0 Å². The van der Waals surface area contributed by atoms with E-state index in [1.54, 1.807) is 17.5 Å². The molecule has 0 bridgehead atoms. The van der Waals surface area contributed by atoms with E-state index in [1.165, 1.54) is 24.3 Å². The average Bonchev–Trinajstić information content (AvgIpc) is 2.89. The zero-order chi connectivity index (χ0) is 16.8. The maximum atomic E-state index is 12.5. The largest absolute Gasteiger partial charge is 0.406 e. The van der Waals surface area contributed by atoms with Crippen LogP contribution in [-0.2, 0) is 9.59 Å². The highest BCUT2D eigenvalue weighted by molar-refractivity contribution is 7.10. The van der Waals surface area contributed by atoms with Crippen LogP contribution in [0.4, 0.5) is 13.2 Å². The van der Waals surface area contributed by atoms with Crippen molar-refractivity contribution in [2.45, 2.75) is 25.6 Å². The Kier molecular flexibility index (Phi) is 6.61. The second-order valence-corrected chi connectivity index (χ2v) is 5.63. The Balaban J connectivity index is 2.83. The van der Waals surface area contributed by atoms with Gasteiger partial charge in [0.1, 0.15) is 6.54 Å². The molecule has 0 fully saturated rings. The Morgan fingerprint density at radius 3 is 2.64 bits per heavy atom. The third-order valence-corrected chi connectivity index (χ3v) is 3.70. The lowest BCUT2D eigenvalue weighted by Crippen LogP contribution is -2.41. The molecule has 0 spiro atoms. The average molecular weight is 334 g/mol. The van der Waals surface area contributed by atoms with E-state index in [0.717, 1.165) is 0 Å². The number of amides is 2. The van der Waals surface area contributed by atoms with Crippen LogP contribution in [0.25, 0.3) is 0 Å². The molecule has 0 radical (unpaired) electrons. The van der Waals surface area contributed by atoms with Crippen molar-refractivity contribution in [3.63, 3.8) is 0 Å². The smallest absolute Gasteiger partial charge is 0.348 e. The van der Waals surface area contributed by atoms with Gasteiger partial charge in [-0.15, -0.1) is 17.9 Å². The molecule has 1 heterocycles. The molecule has 1 N–H and O–H groups in total. The fraction of sp³-hybridized carbons (Fsp3) is 0.429. The fourth-order valence-corrected chi connectivity index (χ4v) is 2.67. The molecule has 1 atom stereocenters. The molecule has 1 rings (SSSR count). The van der Waals surface area contributed by atoms with Crippen LogP contribution in [0.2, 0.25) is 0 Å². The summed E-state index contributed by atoms with van der Waals surface area (Å²) in [6.07, 6.45) is -3.47. The van der Waals surface area contributed by atoms with Crippen molar-refractivity contribution in [1.82, 2.24) is 10.2 Å². The van der Waals surface area contributed by atoms with E-state index >= 15 is 0 Å². The molecule has 8 heteroatoms. The van der Waals surface area contributed by atoms with Gasteiger partial charge in [-0.05, 0) is 11.4 Å². The summed E-state index contributed by atoms with van der Waals surface area (Å²) >= 11 is 1.33. The fourth-order valence-electron chi connectivity index (χ4n) is 1.89. The lowest BCUT2D eigenvalue weighted by molar-refractivity contribution is -0.160. The Hall–Kier alpha value is -1.83. The number of rotatable bonds is 7. The summed E-state index contributed by atoms with van der Waals surface area (Å²) in [5.74, 6) is -1.04. The molecule has 0 aliphatic heterocycles. The van der Waals surface area contributed by atoms with Crippen molar-refractivity contribution < 1.29 is 22.8 Å². The number of hydrogen-bond donors (Lipinski definition) is 1. The number of nitrogens with zero attached hydrogens (tertiary/aromatic N) is 1. The monoisotopic (exact) mass is 334 g/mol. The second kappa shape index (κ2) is 7.98. The van der Waals surface area contributed by atoms with E-state index in [9.17, 15) is 22.8 Å². The summed E-state index contributed by atoms with van der Waals surface area (Å²) < 4.78 is 37.5. The minimum atomic E-state index is -4.48. The second-order valence-electron chi connectivity index (χ2n) is 4.65. The molecule has 1 aromatic heterocycles. The van der Waals surface area contributed by atoms with Gasteiger partial charge in [0.25, 0.3) is 0 Å². The van der Waals surface area contributed by atoms with Crippen LogP contribution in [0.1, 0.15) is 24.3 Å². The van der Waals surface area contributed by atoms with Crippen molar-refractivity contribution in [3.05, 3.63) is 35.0 Å². The molecular weight excluding hydrogens is 317 g/mol. The molecule has 0 aliphatic rings. The maximum absolute atomic E-state index is 12.5. The lowest BCUT2D eigenvalue weighted by atomic mass is 10.1. The highest BCUT2D eigenvalue weighted by Crippen LogP contribution is 2.24. The summed E-state index contributed by atoms with van der Waals surface area (Å²) in [5.41, 5.74) is 0.